The zero-order chi connectivity index (χ0) is 15.6. The standard InChI is InChI=1S/C15H23N3O3/c1-4-18-9-12(13(16-18)10(2)3)14(19)17-7-5-6-11(8-17)15(20)21/h9-11H,4-8H2,1-3H3,(H,20,21). The predicted molar refractivity (Wildman–Crippen MR) is 78.3 cm³/mol. The predicted octanol–water partition coefficient (Wildman–Crippen LogP) is 1.96. The van der Waals surface area contributed by atoms with Crippen LogP contribution >= 0.6 is 0 Å². The summed E-state index contributed by atoms with van der Waals surface area (Å²) in [5.41, 5.74) is 1.40. The van der Waals surface area contributed by atoms with Crippen molar-refractivity contribution in [3.63, 3.8) is 0 Å². The van der Waals surface area contributed by atoms with Crippen LogP contribution in [0.15, 0.2) is 6.20 Å². The van der Waals surface area contributed by atoms with Crippen LogP contribution in [0.1, 0.15) is 55.6 Å². The molecular weight excluding hydrogens is 270 g/mol. The number of hydrogen-bond acceptors (Lipinski definition) is 3. The summed E-state index contributed by atoms with van der Waals surface area (Å²) < 4.78 is 1.77. The molecule has 0 radical (unpaired) electrons. The molecule has 1 amide bonds. The second-order valence-corrected chi connectivity index (χ2v) is 5.87. The third-order valence-electron chi connectivity index (χ3n) is 3.95. The number of rotatable bonds is 4. The largest absolute Gasteiger partial charge is 0.481 e. The molecule has 6 nitrogen and oxygen atoms in total. The summed E-state index contributed by atoms with van der Waals surface area (Å²) in [4.78, 5) is 25.5. The minimum absolute atomic E-state index is 0.0932. The average molecular weight is 293 g/mol. The minimum Gasteiger partial charge on any atom is -0.481 e. The van der Waals surface area contributed by atoms with Crippen molar-refractivity contribution in [2.75, 3.05) is 13.1 Å². The molecule has 1 unspecified atom stereocenters. The zero-order valence-electron chi connectivity index (χ0n) is 12.9. The number of carbonyl (C=O) groups is 2. The quantitative estimate of drug-likeness (QED) is 0.920. The van der Waals surface area contributed by atoms with Gasteiger partial charge in [0.2, 0.25) is 0 Å². The second kappa shape index (κ2) is 6.28. The molecule has 1 N–H and O–H groups in total. The highest BCUT2D eigenvalue weighted by Gasteiger charge is 2.30. The lowest BCUT2D eigenvalue weighted by Crippen LogP contribution is -2.42. The van der Waals surface area contributed by atoms with E-state index in [2.05, 4.69) is 5.10 Å². The Hall–Kier alpha value is -1.85. The van der Waals surface area contributed by atoms with Crippen LogP contribution in [0, 0.1) is 5.92 Å². The monoisotopic (exact) mass is 293 g/mol. The lowest BCUT2D eigenvalue weighted by Gasteiger charge is -2.30. The smallest absolute Gasteiger partial charge is 0.308 e. The first kappa shape index (κ1) is 15.5. The summed E-state index contributed by atoms with van der Waals surface area (Å²) in [6.45, 7) is 7.63. The number of aliphatic carboxylic acids is 1. The number of amides is 1. The van der Waals surface area contributed by atoms with Gasteiger partial charge in [0.1, 0.15) is 0 Å². The van der Waals surface area contributed by atoms with Gasteiger partial charge in [-0.25, -0.2) is 0 Å². The van der Waals surface area contributed by atoms with Gasteiger partial charge < -0.3 is 10.0 Å². The molecule has 0 aliphatic carbocycles. The van der Waals surface area contributed by atoms with Crippen molar-refractivity contribution in [2.45, 2.75) is 46.1 Å². The fourth-order valence-corrected chi connectivity index (χ4v) is 2.72. The number of nitrogens with zero attached hydrogens (tertiary/aromatic N) is 3. The molecule has 2 rings (SSSR count). The molecule has 1 aromatic rings. The molecule has 6 heteroatoms. The molecule has 1 aromatic heterocycles. The average Bonchev–Trinajstić information content (AvgIpc) is 2.91. The van der Waals surface area contributed by atoms with Crippen LogP contribution in [0.2, 0.25) is 0 Å². The van der Waals surface area contributed by atoms with Gasteiger partial charge in [0.05, 0.1) is 17.2 Å². The number of carbonyl (C=O) groups excluding carboxylic acids is 1. The van der Waals surface area contributed by atoms with Gasteiger partial charge in [-0.05, 0) is 25.7 Å². The first-order valence-electron chi connectivity index (χ1n) is 7.53. The molecule has 1 fully saturated rings. The van der Waals surface area contributed by atoms with E-state index >= 15 is 0 Å². The highest BCUT2D eigenvalue weighted by Crippen LogP contribution is 2.23. The van der Waals surface area contributed by atoms with E-state index in [1.54, 1.807) is 15.8 Å². The lowest BCUT2D eigenvalue weighted by atomic mass is 9.97. The van der Waals surface area contributed by atoms with E-state index in [1.165, 1.54) is 0 Å². The van der Waals surface area contributed by atoms with Crippen LogP contribution in [0.3, 0.4) is 0 Å². The third-order valence-corrected chi connectivity index (χ3v) is 3.95. The van der Waals surface area contributed by atoms with Crippen molar-refractivity contribution < 1.29 is 14.7 Å². The molecule has 21 heavy (non-hydrogen) atoms. The molecule has 1 saturated heterocycles. The number of piperidine rings is 1. The summed E-state index contributed by atoms with van der Waals surface area (Å²) in [5.74, 6) is -1.20. The molecule has 0 bridgehead atoms. The van der Waals surface area contributed by atoms with Crippen LogP contribution in [0.4, 0.5) is 0 Å². The number of carboxylic acid groups (broad SMARTS) is 1. The maximum Gasteiger partial charge on any atom is 0.308 e. The Morgan fingerprint density at radius 2 is 2.19 bits per heavy atom. The summed E-state index contributed by atoms with van der Waals surface area (Å²) in [7, 11) is 0. The van der Waals surface area contributed by atoms with Crippen LogP contribution in [0.25, 0.3) is 0 Å². The van der Waals surface area contributed by atoms with E-state index in [9.17, 15) is 9.59 Å². The van der Waals surface area contributed by atoms with Gasteiger partial charge in [0.15, 0.2) is 0 Å². The number of likely N-dealkylation sites (tertiary alicyclic amines) is 1. The fraction of sp³-hybridized carbons (Fsp3) is 0.667. The van der Waals surface area contributed by atoms with Crippen LogP contribution in [0.5, 0.6) is 0 Å². The number of aromatic nitrogens is 2. The Kier molecular flexibility index (Phi) is 4.65. The van der Waals surface area contributed by atoms with E-state index in [0.717, 1.165) is 12.1 Å². The normalized spacial score (nSPS) is 19.0. The van der Waals surface area contributed by atoms with Crippen molar-refractivity contribution >= 4 is 11.9 Å². The molecule has 0 saturated carbocycles. The number of hydrogen-bond donors (Lipinski definition) is 1. The molecular formula is C15H23N3O3. The van der Waals surface area contributed by atoms with E-state index < -0.39 is 11.9 Å². The third kappa shape index (κ3) is 3.25. The van der Waals surface area contributed by atoms with Gasteiger partial charge in [-0.15, -0.1) is 0 Å². The summed E-state index contributed by atoms with van der Waals surface area (Å²) >= 11 is 0. The molecule has 2 heterocycles. The molecule has 1 aliphatic heterocycles. The maximum absolute atomic E-state index is 12.7. The first-order chi connectivity index (χ1) is 9.93. The van der Waals surface area contributed by atoms with Gasteiger partial charge in [-0.2, -0.15) is 5.10 Å². The highest BCUT2D eigenvalue weighted by atomic mass is 16.4. The Balaban J connectivity index is 2.23. The van der Waals surface area contributed by atoms with E-state index in [1.807, 2.05) is 20.8 Å². The zero-order valence-corrected chi connectivity index (χ0v) is 12.9. The van der Waals surface area contributed by atoms with Crippen molar-refractivity contribution in [2.24, 2.45) is 5.92 Å². The van der Waals surface area contributed by atoms with Crippen molar-refractivity contribution in [1.82, 2.24) is 14.7 Å². The minimum atomic E-state index is -0.819. The van der Waals surface area contributed by atoms with Crippen molar-refractivity contribution in [3.05, 3.63) is 17.5 Å². The van der Waals surface area contributed by atoms with Crippen LogP contribution < -0.4 is 0 Å². The topological polar surface area (TPSA) is 75.4 Å². The lowest BCUT2D eigenvalue weighted by molar-refractivity contribution is -0.143. The summed E-state index contributed by atoms with van der Waals surface area (Å²) in [5, 5.41) is 13.6. The Labute approximate surface area is 124 Å². The maximum atomic E-state index is 12.7. The number of carboxylic acids is 1. The Morgan fingerprint density at radius 3 is 2.76 bits per heavy atom. The molecule has 0 aromatic carbocycles. The summed E-state index contributed by atoms with van der Waals surface area (Å²) in [6.07, 6.45) is 3.16. The first-order valence-corrected chi connectivity index (χ1v) is 7.53. The fourth-order valence-electron chi connectivity index (χ4n) is 2.72. The summed E-state index contributed by atoms with van der Waals surface area (Å²) in [6, 6.07) is 0. The van der Waals surface area contributed by atoms with Crippen LogP contribution in [-0.2, 0) is 11.3 Å². The van der Waals surface area contributed by atoms with E-state index in [4.69, 9.17) is 5.11 Å². The van der Waals surface area contributed by atoms with Crippen LogP contribution in [-0.4, -0.2) is 44.8 Å². The highest BCUT2D eigenvalue weighted by molar-refractivity contribution is 5.95. The molecule has 116 valence electrons. The van der Waals surface area contributed by atoms with Gasteiger partial charge in [0, 0.05) is 25.8 Å². The molecule has 1 atom stereocenters. The molecule has 0 spiro atoms. The SMILES string of the molecule is CCn1cc(C(=O)N2CCCC(C(=O)O)C2)c(C(C)C)n1. The second-order valence-electron chi connectivity index (χ2n) is 5.87. The Bertz CT molecular complexity index is 536. The van der Waals surface area contributed by atoms with E-state index in [0.29, 0.717) is 31.6 Å². The van der Waals surface area contributed by atoms with Gasteiger partial charge in [-0.3, -0.25) is 14.3 Å². The van der Waals surface area contributed by atoms with Crippen molar-refractivity contribution in [1.29, 1.82) is 0 Å². The van der Waals surface area contributed by atoms with Gasteiger partial charge in [0.25, 0.3) is 5.91 Å². The van der Waals surface area contributed by atoms with Gasteiger partial charge in [-0.1, -0.05) is 13.8 Å². The number of aryl methyl sites for hydroxylation is 1. The van der Waals surface area contributed by atoms with Gasteiger partial charge >= 0.3 is 5.97 Å². The van der Waals surface area contributed by atoms with Crippen molar-refractivity contribution in [3.8, 4) is 0 Å². The molecule has 1 aliphatic rings. The Morgan fingerprint density at radius 1 is 1.48 bits per heavy atom. The van der Waals surface area contributed by atoms with E-state index in [-0.39, 0.29) is 11.8 Å².